The molecule has 0 aromatic heterocycles. The number of hydrogen-bond acceptors (Lipinski definition) is 2. The van der Waals surface area contributed by atoms with Crippen LogP contribution in [0.2, 0.25) is 0 Å². The van der Waals surface area contributed by atoms with Crippen LogP contribution >= 0.6 is 0 Å². The van der Waals surface area contributed by atoms with Crippen LogP contribution in [0, 0.1) is 0 Å². The van der Waals surface area contributed by atoms with E-state index in [1.54, 1.807) is 0 Å². The van der Waals surface area contributed by atoms with E-state index >= 15 is 0 Å². The summed E-state index contributed by atoms with van der Waals surface area (Å²) in [6, 6.07) is 0.568. The number of nitrogens with zero attached hydrogens (tertiary/aromatic N) is 1. The molecule has 1 aliphatic heterocycles. The van der Waals surface area contributed by atoms with Gasteiger partial charge in [0.15, 0.2) is 0 Å². The van der Waals surface area contributed by atoms with Crippen LogP contribution in [0.25, 0.3) is 0 Å². The normalized spacial score (nSPS) is 31.2. The zero-order chi connectivity index (χ0) is 6.81. The quantitative estimate of drug-likeness (QED) is 0.522. The van der Waals surface area contributed by atoms with Gasteiger partial charge in [-0.15, -0.1) is 0 Å². The molecular weight excluding hydrogens is 124 g/mol. The summed E-state index contributed by atoms with van der Waals surface area (Å²) >= 11 is 0. The standard InChI is InChI=1S/C8H12N2/c1-2-4-8-7(3-1)9-5-6-10-8/h1,3,8,10H,2,4-6H2. The van der Waals surface area contributed by atoms with Gasteiger partial charge in [0.05, 0.1) is 12.3 Å². The number of rotatable bonds is 0. The third-order valence-corrected chi connectivity index (χ3v) is 2.06. The highest BCUT2D eigenvalue weighted by atomic mass is 15.0. The Morgan fingerprint density at radius 2 is 2.60 bits per heavy atom. The van der Waals surface area contributed by atoms with Crippen molar-refractivity contribution in [2.75, 3.05) is 13.1 Å². The molecule has 0 aromatic rings. The fourth-order valence-electron chi connectivity index (χ4n) is 1.52. The number of aliphatic imine (C=N–C) groups is 1. The number of allylic oxidation sites excluding steroid dienone is 1. The summed E-state index contributed by atoms with van der Waals surface area (Å²) in [7, 11) is 0. The van der Waals surface area contributed by atoms with Crippen LogP contribution in [0.4, 0.5) is 0 Å². The minimum Gasteiger partial charge on any atom is -0.307 e. The molecule has 2 aliphatic rings. The maximum atomic E-state index is 4.42. The molecule has 1 heterocycles. The predicted octanol–water partition coefficient (Wildman–Crippen LogP) is 0.749. The molecule has 0 bridgehead atoms. The lowest BCUT2D eigenvalue weighted by atomic mass is 9.99. The summed E-state index contributed by atoms with van der Waals surface area (Å²) in [5.41, 5.74) is 1.26. The van der Waals surface area contributed by atoms with E-state index in [9.17, 15) is 0 Å². The van der Waals surface area contributed by atoms with E-state index in [0.29, 0.717) is 6.04 Å². The van der Waals surface area contributed by atoms with Gasteiger partial charge in [-0.1, -0.05) is 6.08 Å². The molecule has 0 saturated carbocycles. The Morgan fingerprint density at radius 1 is 1.60 bits per heavy atom. The highest BCUT2D eigenvalue weighted by molar-refractivity contribution is 6.00. The smallest absolute Gasteiger partial charge is 0.0518 e. The number of fused-ring (bicyclic) bond motifs is 1. The van der Waals surface area contributed by atoms with Gasteiger partial charge in [0.1, 0.15) is 0 Å². The minimum atomic E-state index is 0.568. The van der Waals surface area contributed by atoms with Crippen molar-refractivity contribution >= 4 is 5.71 Å². The maximum Gasteiger partial charge on any atom is 0.0518 e. The molecule has 0 spiro atoms. The van der Waals surface area contributed by atoms with Crippen molar-refractivity contribution in [3.63, 3.8) is 0 Å². The summed E-state index contributed by atoms with van der Waals surface area (Å²) in [5.74, 6) is 0. The molecule has 2 heteroatoms. The maximum absolute atomic E-state index is 4.42. The molecule has 0 fully saturated rings. The lowest BCUT2D eigenvalue weighted by molar-refractivity contribution is 0.563. The Morgan fingerprint density at radius 3 is 3.50 bits per heavy atom. The molecule has 54 valence electrons. The minimum absolute atomic E-state index is 0.568. The third kappa shape index (κ3) is 0.991. The van der Waals surface area contributed by atoms with E-state index in [1.165, 1.54) is 18.6 Å². The second-order valence-electron chi connectivity index (χ2n) is 2.79. The van der Waals surface area contributed by atoms with Crippen LogP contribution in [0.1, 0.15) is 12.8 Å². The van der Waals surface area contributed by atoms with Crippen molar-refractivity contribution < 1.29 is 0 Å². The lowest BCUT2D eigenvalue weighted by Crippen LogP contribution is -2.42. The van der Waals surface area contributed by atoms with Gasteiger partial charge in [0.25, 0.3) is 0 Å². The average Bonchev–Trinajstić information content (AvgIpc) is 2.05. The Kier molecular flexibility index (Phi) is 1.55. The van der Waals surface area contributed by atoms with E-state index in [0.717, 1.165) is 13.1 Å². The molecule has 1 aliphatic carbocycles. The second kappa shape index (κ2) is 2.54. The van der Waals surface area contributed by atoms with Crippen molar-refractivity contribution in [1.82, 2.24) is 5.32 Å². The van der Waals surface area contributed by atoms with Gasteiger partial charge in [-0.25, -0.2) is 0 Å². The van der Waals surface area contributed by atoms with Crippen LogP contribution in [-0.4, -0.2) is 24.8 Å². The molecule has 0 saturated heterocycles. The molecule has 2 nitrogen and oxygen atoms in total. The van der Waals surface area contributed by atoms with Crippen molar-refractivity contribution in [3.8, 4) is 0 Å². The first kappa shape index (κ1) is 6.10. The largest absolute Gasteiger partial charge is 0.307 e. The third-order valence-electron chi connectivity index (χ3n) is 2.06. The zero-order valence-electron chi connectivity index (χ0n) is 6.01. The topological polar surface area (TPSA) is 24.4 Å². The van der Waals surface area contributed by atoms with E-state index < -0.39 is 0 Å². The van der Waals surface area contributed by atoms with Crippen LogP contribution in [-0.2, 0) is 0 Å². The summed E-state index contributed by atoms with van der Waals surface area (Å²) in [6.07, 6.45) is 6.80. The molecule has 1 N–H and O–H groups in total. The van der Waals surface area contributed by atoms with Crippen molar-refractivity contribution in [2.24, 2.45) is 4.99 Å². The SMILES string of the molecule is C1=CC2=NCCNC2CC1. The second-order valence-corrected chi connectivity index (χ2v) is 2.79. The van der Waals surface area contributed by atoms with E-state index in [4.69, 9.17) is 0 Å². The van der Waals surface area contributed by atoms with Gasteiger partial charge in [0.2, 0.25) is 0 Å². The van der Waals surface area contributed by atoms with E-state index in [2.05, 4.69) is 22.5 Å². The van der Waals surface area contributed by atoms with Gasteiger partial charge < -0.3 is 5.32 Å². The van der Waals surface area contributed by atoms with Crippen molar-refractivity contribution in [3.05, 3.63) is 12.2 Å². The van der Waals surface area contributed by atoms with Crippen LogP contribution in [0.15, 0.2) is 17.1 Å². The van der Waals surface area contributed by atoms with Gasteiger partial charge in [0, 0.05) is 12.6 Å². The van der Waals surface area contributed by atoms with E-state index in [-0.39, 0.29) is 0 Å². The van der Waals surface area contributed by atoms with Gasteiger partial charge in [-0.05, 0) is 18.9 Å². The monoisotopic (exact) mass is 136 g/mol. The Balaban J connectivity index is 2.21. The fraction of sp³-hybridized carbons (Fsp3) is 0.625. The van der Waals surface area contributed by atoms with E-state index in [1.807, 2.05) is 0 Å². The van der Waals surface area contributed by atoms with Crippen LogP contribution < -0.4 is 5.32 Å². The Hall–Kier alpha value is -0.630. The molecule has 0 radical (unpaired) electrons. The highest BCUT2D eigenvalue weighted by Crippen LogP contribution is 2.10. The highest BCUT2D eigenvalue weighted by Gasteiger charge is 2.17. The Bertz CT molecular complexity index is 182. The molecule has 0 aromatic carbocycles. The Labute approximate surface area is 61.0 Å². The van der Waals surface area contributed by atoms with Crippen LogP contribution in [0.5, 0.6) is 0 Å². The average molecular weight is 136 g/mol. The predicted molar refractivity (Wildman–Crippen MR) is 42.5 cm³/mol. The number of hydrogen-bond donors (Lipinski definition) is 1. The van der Waals surface area contributed by atoms with Gasteiger partial charge >= 0.3 is 0 Å². The summed E-state index contributed by atoms with van der Waals surface area (Å²) < 4.78 is 0. The van der Waals surface area contributed by atoms with Gasteiger partial charge in [-0.3, -0.25) is 4.99 Å². The molecule has 0 amide bonds. The van der Waals surface area contributed by atoms with Crippen molar-refractivity contribution in [1.29, 1.82) is 0 Å². The van der Waals surface area contributed by atoms with Crippen molar-refractivity contribution in [2.45, 2.75) is 18.9 Å². The molecule has 1 unspecified atom stereocenters. The first-order valence-electron chi connectivity index (χ1n) is 3.91. The first-order chi connectivity index (χ1) is 4.97. The zero-order valence-corrected chi connectivity index (χ0v) is 6.01. The molecular formula is C8H12N2. The van der Waals surface area contributed by atoms with Gasteiger partial charge in [-0.2, -0.15) is 0 Å². The summed E-state index contributed by atoms with van der Waals surface area (Å²) in [6.45, 7) is 2.01. The molecule has 1 atom stereocenters. The molecule has 10 heavy (non-hydrogen) atoms. The number of nitrogens with one attached hydrogen (secondary N) is 1. The summed E-state index contributed by atoms with van der Waals surface area (Å²) in [4.78, 5) is 4.42. The summed E-state index contributed by atoms with van der Waals surface area (Å²) in [5, 5.41) is 3.44. The molecule has 2 rings (SSSR count). The van der Waals surface area contributed by atoms with Crippen LogP contribution in [0.3, 0.4) is 0 Å². The first-order valence-corrected chi connectivity index (χ1v) is 3.91. The fourth-order valence-corrected chi connectivity index (χ4v) is 1.52. The lowest BCUT2D eigenvalue weighted by Gasteiger charge is -2.24.